The van der Waals surface area contributed by atoms with Crippen LogP contribution in [0.3, 0.4) is 0 Å². The zero-order chi connectivity index (χ0) is 12.9. The summed E-state index contributed by atoms with van der Waals surface area (Å²) in [6, 6.07) is 6.69. The van der Waals surface area contributed by atoms with Crippen molar-refractivity contribution in [3.05, 3.63) is 29.3 Å². The van der Waals surface area contributed by atoms with Gasteiger partial charge in [-0.2, -0.15) is 0 Å². The predicted octanol–water partition coefficient (Wildman–Crippen LogP) is 1.96. The molecule has 0 heterocycles. The van der Waals surface area contributed by atoms with Crippen LogP contribution in [0, 0.1) is 6.92 Å². The highest BCUT2D eigenvalue weighted by atomic mass is 28.4. The average molecular weight is 256 g/mol. The molecule has 17 heavy (non-hydrogen) atoms. The SMILES string of the molecule is COc1cc(C[Si](OC)(OC)OC)ccc1C. The number of benzene rings is 1. The summed E-state index contributed by atoms with van der Waals surface area (Å²) < 4.78 is 21.5. The molecule has 0 saturated carbocycles. The molecule has 0 atom stereocenters. The molecule has 1 rings (SSSR count). The largest absolute Gasteiger partial charge is 0.504 e. The molecule has 0 aliphatic rings. The zero-order valence-electron chi connectivity index (χ0n) is 11.1. The van der Waals surface area contributed by atoms with Gasteiger partial charge in [0.2, 0.25) is 0 Å². The van der Waals surface area contributed by atoms with Crippen molar-refractivity contribution in [3.63, 3.8) is 0 Å². The van der Waals surface area contributed by atoms with Gasteiger partial charge in [0, 0.05) is 27.4 Å². The van der Waals surface area contributed by atoms with Crippen LogP contribution in [-0.2, 0) is 19.3 Å². The normalized spacial score (nSPS) is 11.6. The molecule has 0 fully saturated rings. The molecule has 4 nitrogen and oxygen atoms in total. The van der Waals surface area contributed by atoms with E-state index in [0.29, 0.717) is 6.04 Å². The van der Waals surface area contributed by atoms with Crippen LogP contribution >= 0.6 is 0 Å². The van der Waals surface area contributed by atoms with Gasteiger partial charge in [-0.15, -0.1) is 0 Å². The summed E-state index contributed by atoms with van der Waals surface area (Å²) in [4.78, 5) is 0. The van der Waals surface area contributed by atoms with Crippen molar-refractivity contribution in [1.29, 1.82) is 0 Å². The maximum absolute atomic E-state index is 5.40. The van der Waals surface area contributed by atoms with E-state index in [0.717, 1.165) is 16.9 Å². The minimum Gasteiger partial charge on any atom is -0.496 e. The Morgan fingerprint density at radius 3 is 2.06 bits per heavy atom. The number of methoxy groups -OCH3 is 1. The molecule has 0 spiro atoms. The number of ether oxygens (including phenoxy) is 1. The van der Waals surface area contributed by atoms with Crippen molar-refractivity contribution in [2.75, 3.05) is 28.4 Å². The van der Waals surface area contributed by atoms with Gasteiger partial charge in [0.1, 0.15) is 5.75 Å². The third kappa shape index (κ3) is 3.29. The fourth-order valence-electron chi connectivity index (χ4n) is 1.69. The van der Waals surface area contributed by atoms with Gasteiger partial charge < -0.3 is 18.0 Å². The van der Waals surface area contributed by atoms with Gasteiger partial charge in [-0.3, -0.25) is 0 Å². The highest BCUT2D eigenvalue weighted by Crippen LogP contribution is 2.22. The lowest BCUT2D eigenvalue weighted by Crippen LogP contribution is -2.45. The molecule has 1 aromatic carbocycles. The lowest BCUT2D eigenvalue weighted by molar-refractivity contribution is 0.122. The van der Waals surface area contributed by atoms with Crippen molar-refractivity contribution < 1.29 is 18.0 Å². The highest BCUT2D eigenvalue weighted by Gasteiger charge is 2.38. The monoisotopic (exact) mass is 256 g/mol. The van der Waals surface area contributed by atoms with E-state index in [4.69, 9.17) is 18.0 Å². The van der Waals surface area contributed by atoms with Crippen LogP contribution in [0.15, 0.2) is 18.2 Å². The first-order valence-corrected chi connectivity index (χ1v) is 7.33. The second-order valence-corrected chi connectivity index (χ2v) is 6.72. The van der Waals surface area contributed by atoms with Crippen molar-refractivity contribution in [1.82, 2.24) is 0 Å². The average Bonchev–Trinajstić information content (AvgIpc) is 2.38. The molecule has 0 saturated heterocycles. The summed E-state index contributed by atoms with van der Waals surface area (Å²) in [5, 5.41) is 0. The molecule has 0 aliphatic heterocycles. The molecule has 0 N–H and O–H groups in total. The Bertz CT molecular complexity index is 355. The van der Waals surface area contributed by atoms with Crippen LogP contribution in [0.25, 0.3) is 0 Å². The van der Waals surface area contributed by atoms with Gasteiger partial charge in [-0.1, -0.05) is 12.1 Å². The maximum Gasteiger partial charge on any atom is 0.504 e. The molecule has 0 unspecified atom stereocenters. The Morgan fingerprint density at radius 2 is 1.59 bits per heavy atom. The second-order valence-electron chi connectivity index (χ2n) is 3.78. The van der Waals surface area contributed by atoms with E-state index in [9.17, 15) is 0 Å². The quantitative estimate of drug-likeness (QED) is 0.729. The summed E-state index contributed by atoms with van der Waals surface area (Å²) in [6.07, 6.45) is 0. The molecule has 0 aromatic heterocycles. The Morgan fingerprint density at radius 1 is 1.00 bits per heavy atom. The molecule has 0 bridgehead atoms. The lowest BCUT2D eigenvalue weighted by Gasteiger charge is -2.24. The van der Waals surface area contributed by atoms with Crippen LogP contribution in [-0.4, -0.2) is 37.2 Å². The van der Waals surface area contributed by atoms with Gasteiger partial charge in [0.05, 0.1) is 7.11 Å². The van der Waals surface area contributed by atoms with E-state index in [1.54, 1.807) is 28.4 Å². The fourth-order valence-corrected chi connectivity index (χ4v) is 3.34. The van der Waals surface area contributed by atoms with E-state index in [1.165, 1.54) is 0 Å². The summed E-state index contributed by atoms with van der Waals surface area (Å²) in [6.45, 7) is 2.01. The number of hydrogen-bond acceptors (Lipinski definition) is 4. The van der Waals surface area contributed by atoms with Crippen molar-refractivity contribution >= 4 is 8.80 Å². The van der Waals surface area contributed by atoms with Crippen LogP contribution in [0.2, 0.25) is 0 Å². The van der Waals surface area contributed by atoms with Crippen molar-refractivity contribution in [2.45, 2.75) is 13.0 Å². The topological polar surface area (TPSA) is 36.9 Å². The van der Waals surface area contributed by atoms with E-state index in [-0.39, 0.29) is 0 Å². The molecular formula is C12H20O4Si. The lowest BCUT2D eigenvalue weighted by atomic mass is 10.1. The summed E-state index contributed by atoms with van der Waals surface area (Å²) in [5.41, 5.74) is 2.19. The third-order valence-corrected chi connectivity index (χ3v) is 5.53. The molecular weight excluding hydrogens is 236 g/mol. The molecule has 96 valence electrons. The molecule has 0 aliphatic carbocycles. The predicted molar refractivity (Wildman–Crippen MR) is 68.2 cm³/mol. The Labute approximate surface area is 104 Å². The molecule has 1 aromatic rings. The zero-order valence-corrected chi connectivity index (χ0v) is 12.1. The standard InChI is InChI=1S/C12H20O4Si/c1-10-6-7-11(8-12(10)13-2)9-17(14-3,15-4)16-5/h6-8H,9H2,1-5H3. The minimum atomic E-state index is -2.57. The van der Waals surface area contributed by atoms with Gasteiger partial charge in [0.15, 0.2) is 0 Å². The third-order valence-electron chi connectivity index (χ3n) is 2.83. The van der Waals surface area contributed by atoms with Gasteiger partial charge in [-0.25, -0.2) is 0 Å². The van der Waals surface area contributed by atoms with Crippen LogP contribution in [0.5, 0.6) is 5.75 Å². The Kier molecular flexibility index (Phi) is 5.14. The van der Waals surface area contributed by atoms with E-state index in [1.807, 2.05) is 25.1 Å². The van der Waals surface area contributed by atoms with Crippen molar-refractivity contribution in [3.8, 4) is 5.75 Å². The molecule has 0 radical (unpaired) electrons. The summed E-state index contributed by atoms with van der Waals surface area (Å²) >= 11 is 0. The van der Waals surface area contributed by atoms with Gasteiger partial charge in [0.25, 0.3) is 0 Å². The maximum atomic E-state index is 5.40. The summed E-state index contributed by atoms with van der Waals surface area (Å²) in [7, 11) is 3.95. The fraction of sp³-hybridized carbons (Fsp3) is 0.500. The molecule has 5 heteroatoms. The summed E-state index contributed by atoms with van der Waals surface area (Å²) in [5.74, 6) is 0.869. The molecule has 0 amide bonds. The highest BCUT2D eigenvalue weighted by molar-refractivity contribution is 6.60. The Hall–Kier alpha value is -0.883. The van der Waals surface area contributed by atoms with Crippen LogP contribution < -0.4 is 4.74 Å². The first-order chi connectivity index (χ1) is 8.10. The Balaban J connectivity index is 2.94. The smallest absolute Gasteiger partial charge is 0.496 e. The number of aryl methyl sites for hydroxylation is 1. The van der Waals surface area contributed by atoms with Gasteiger partial charge >= 0.3 is 8.80 Å². The first-order valence-electron chi connectivity index (χ1n) is 5.39. The minimum absolute atomic E-state index is 0.632. The van der Waals surface area contributed by atoms with E-state index >= 15 is 0 Å². The number of hydrogen-bond donors (Lipinski definition) is 0. The second kappa shape index (κ2) is 6.16. The van der Waals surface area contributed by atoms with Crippen molar-refractivity contribution in [2.24, 2.45) is 0 Å². The van der Waals surface area contributed by atoms with Crippen LogP contribution in [0.4, 0.5) is 0 Å². The first kappa shape index (κ1) is 14.2. The number of rotatable bonds is 6. The van der Waals surface area contributed by atoms with Crippen LogP contribution in [0.1, 0.15) is 11.1 Å². The van der Waals surface area contributed by atoms with Gasteiger partial charge in [-0.05, 0) is 24.1 Å². The van der Waals surface area contributed by atoms with E-state index < -0.39 is 8.80 Å². The van der Waals surface area contributed by atoms with E-state index in [2.05, 4.69) is 0 Å².